The van der Waals surface area contributed by atoms with E-state index in [0.717, 1.165) is 6.07 Å². The van der Waals surface area contributed by atoms with Gasteiger partial charge in [0.25, 0.3) is 0 Å². The number of benzene rings is 1. The van der Waals surface area contributed by atoms with Gasteiger partial charge in [-0.1, -0.05) is 11.6 Å². The van der Waals surface area contributed by atoms with Gasteiger partial charge in [-0.2, -0.15) is 0 Å². The number of hydrogen-bond acceptors (Lipinski definition) is 2. The van der Waals surface area contributed by atoms with Crippen molar-refractivity contribution in [3.05, 3.63) is 23.0 Å². The molecule has 2 nitrogen and oxygen atoms in total. The van der Waals surface area contributed by atoms with Crippen molar-refractivity contribution in [2.24, 2.45) is 0 Å². The Balaban J connectivity index is 3.21. The lowest BCUT2D eigenvalue weighted by atomic mass is 10.3. The van der Waals surface area contributed by atoms with Crippen LogP contribution in [0.5, 0.6) is 5.75 Å². The summed E-state index contributed by atoms with van der Waals surface area (Å²) in [6.45, 7) is 0. The Morgan fingerprint density at radius 1 is 1.55 bits per heavy atom. The first-order valence-electron chi connectivity index (χ1n) is 2.93. The van der Waals surface area contributed by atoms with Crippen molar-refractivity contribution < 1.29 is 9.13 Å². The molecule has 1 aromatic carbocycles. The lowest BCUT2D eigenvalue weighted by molar-refractivity contribution is 0.416. The Bertz CT molecular complexity index is 277. The van der Waals surface area contributed by atoms with Gasteiger partial charge in [0.05, 0.1) is 17.8 Å². The predicted molar refractivity (Wildman–Crippen MR) is 42.4 cm³/mol. The second-order valence-electron chi connectivity index (χ2n) is 2.01. The Kier molecular flexibility index (Phi) is 2.19. The van der Waals surface area contributed by atoms with Crippen LogP contribution in [-0.2, 0) is 0 Å². The minimum Gasteiger partial charge on any atom is -0.495 e. The topological polar surface area (TPSA) is 35.2 Å². The molecule has 0 unspecified atom stereocenters. The summed E-state index contributed by atoms with van der Waals surface area (Å²) in [7, 11) is 1.44. The van der Waals surface area contributed by atoms with Crippen LogP contribution in [0.2, 0.25) is 5.02 Å². The Morgan fingerprint density at radius 2 is 2.18 bits per heavy atom. The molecule has 60 valence electrons. The van der Waals surface area contributed by atoms with E-state index in [2.05, 4.69) is 0 Å². The zero-order valence-electron chi connectivity index (χ0n) is 5.90. The minimum absolute atomic E-state index is 0.0102. The van der Waals surface area contributed by atoms with Crippen LogP contribution in [0.1, 0.15) is 0 Å². The number of nitrogen functional groups attached to an aromatic ring is 1. The third-order valence-corrected chi connectivity index (χ3v) is 1.56. The summed E-state index contributed by atoms with van der Waals surface area (Å²) in [5, 5.41) is 0.0102. The van der Waals surface area contributed by atoms with Crippen LogP contribution < -0.4 is 10.5 Å². The van der Waals surface area contributed by atoms with Crippen LogP contribution in [0.25, 0.3) is 0 Å². The van der Waals surface area contributed by atoms with Gasteiger partial charge in [0.2, 0.25) is 0 Å². The normalized spacial score (nSPS) is 9.73. The quantitative estimate of drug-likeness (QED) is 0.664. The maximum Gasteiger partial charge on any atom is 0.144 e. The van der Waals surface area contributed by atoms with Gasteiger partial charge in [-0.3, -0.25) is 0 Å². The standard InChI is InChI=1S/C7H7ClFNO/c1-11-7-2-4(8)5(9)3-6(7)10/h2-3H,10H2,1H3. The highest BCUT2D eigenvalue weighted by atomic mass is 35.5. The van der Waals surface area contributed by atoms with Crippen LogP contribution in [-0.4, -0.2) is 7.11 Å². The number of nitrogens with two attached hydrogens (primary N) is 1. The van der Waals surface area contributed by atoms with Crippen molar-refractivity contribution >= 4 is 17.3 Å². The number of ether oxygens (including phenoxy) is 1. The van der Waals surface area contributed by atoms with E-state index in [9.17, 15) is 4.39 Å². The number of rotatable bonds is 1. The Morgan fingerprint density at radius 3 is 2.73 bits per heavy atom. The average molecular weight is 176 g/mol. The van der Waals surface area contributed by atoms with Crippen LogP contribution in [0.3, 0.4) is 0 Å². The van der Waals surface area contributed by atoms with Crippen molar-refractivity contribution in [2.75, 3.05) is 12.8 Å². The summed E-state index contributed by atoms with van der Waals surface area (Å²) in [5.41, 5.74) is 5.62. The molecule has 4 heteroatoms. The first kappa shape index (κ1) is 8.14. The number of halogens is 2. The van der Waals surface area contributed by atoms with E-state index in [1.807, 2.05) is 0 Å². The molecule has 0 saturated carbocycles. The minimum atomic E-state index is -0.537. The summed E-state index contributed by atoms with van der Waals surface area (Å²) in [4.78, 5) is 0. The van der Waals surface area contributed by atoms with Crippen LogP contribution in [0, 0.1) is 5.82 Å². The van der Waals surface area contributed by atoms with E-state index >= 15 is 0 Å². The third kappa shape index (κ3) is 1.54. The molecule has 0 heterocycles. The summed E-state index contributed by atoms with van der Waals surface area (Å²) >= 11 is 5.45. The molecule has 0 bridgehead atoms. The van der Waals surface area contributed by atoms with Gasteiger partial charge in [-0.15, -0.1) is 0 Å². The van der Waals surface area contributed by atoms with E-state index < -0.39 is 5.82 Å². The van der Waals surface area contributed by atoms with Gasteiger partial charge in [0.1, 0.15) is 11.6 Å². The molecule has 0 amide bonds. The lowest BCUT2D eigenvalue weighted by Gasteiger charge is -2.04. The van der Waals surface area contributed by atoms with E-state index in [-0.39, 0.29) is 10.7 Å². The smallest absolute Gasteiger partial charge is 0.144 e. The molecule has 0 aliphatic heterocycles. The van der Waals surface area contributed by atoms with Gasteiger partial charge in [-0.05, 0) is 0 Å². The first-order valence-corrected chi connectivity index (χ1v) is 3.31. The zero-order chi connectivity index (χ0) is 8.43. The molecule has 0 radical (unpaired) electrons. The molecular formula is C7H7ClFNO. The molecule has 0 aromatic heterocycles. The van der Waals surface area contributed by atoms with E-state index in [1.54, 1.807) is 0 Å². The molecule has 2 N–H and O–H groups in total. The Labute approximate surface area is 68.7 Å². The predicted octanol–water partition coefficient (Wildman–Crippen LogP) is 2.07. The van der Waals surface area contributed by atoms with Crippen LogP contribution in [0.4, 0.5) is 10.1 Å². The SMILES string of the molecule is COc1cc(Cl)c(F)cc1N. The first-order chi connectivity index (χ1) is 5.15. The van der Waals surface area contributed by atoms with Gasteiger partial charge in [0, 0.05) is 12.1 Å². The fourth-order valence-corrected chi connectivity index (χ4v) is 0.874. The van der Waals surface area contributed by atoms with Crippen molar-refractivity contribution in [3.63, 3.8) is 0 Å². The molecule has 1 rings (SSSR count). The number of anilines is 1. The molecule has 0 fully saturated rings. The van der Waals surface area contributed by atoms with Crippen molar-refractivity contribution in [1.82, 2.24) is 0 Å². The molecule has 11 heavy (non-hydrogen) atoms. The molecule has 0 saturated heterocycles. The van der Waals surface area contributed by atoms with Crippen molar-refractivity contribution in [3.8, 4) is 5.75 Å². The van der Waals surface area contributed by atoms with Gasteiger partial charge < -0.3 is 10.5 Å². The molecule has 0 aliphatic rings. The number of methoxy groups -OCH3 is 1. The van der Waals surface area contributed by atoms with Crippen LogP contribution >= 0.6 is 11.6 Å². The maximum absolute atomic E-state index is 12.6. The highest BCUT2D eigenvalue weighted by molar-refractivity contribution is 6.31. The van der Waals surface area contributed by atoms with E-state index in [0.29, 0.717) is 5.75 Å². The molecule has 0 spiro atoms. The van der Waals surface area contributed by atoms with E-state index in [1.165, 1.54) is 13.2 Å². The molecule has 0 atom stereocenters. The summed E-state index contributed by atoms with van der Waals surface area (Å²) in [6, 6.07) is 2.47. The van der Waals surface area contributed by atoms with Gasteiger partial charge >= 0.3 is 0 Å². The second-order valence-corrected chi connectivity index (χ2v) is 2.42. The van der Waals surface area contributed by atoms with E-state index in [4.69, 9.17) is 22.1 Å². The maximum atomic E-state index is 12.6. The molecule has 1 aromatic rings. The molecular weight excluding hydrogens is 169 g/mol. The summed E-state index contributed by atoms with van der Waals surface area (Å²) in [6.07, 6.45) is 0. The Hall–Kier alpha value is -0.960. The van der Waals surface area contributed by atoms with Crippen molar-refractivity contribution in [2.45, 2.75) is 0 Å². The second kappa shape index (κ2) is 2.96. The third-order valence-electron chi connectivity index (χ3n) is 1.27. The fraction of sp³-hybridized carbons (Fsp3) is 0.143. The highest BCUT2D eigenvalue weighted by Gasteiger charge is 2.05. The number of hydrogen-bond donors (Lipinski definition) is 1. The summed E-state index contributed by atoms with van der Waals surface area (Å²) < 4.78 is 17.4. The fourth-order valence-electron chi connectivity index (χ4n) is 0.721. The van der Waals surface area contributed by atoms with Gasteiger partial charge in [-0.25, -0.2) is 4.39 Å². The van der Waals surface area contributed by atoms with Gasteiger partial charge in [0.15, 0.2) is 0 Å². The van der Waals surface area contributed by atoms with Crippen molar-refractivity contribution in [1.29, 1.82) is 0 Å². The lowest BCUT2D eigenvalue weighted by Crippen LogP contribution is -1.93. The summed E-state index contributed by atoms with van der Waals surface area (Å²) in [5.74, 6) is -0.152. The average Bonchev–Trinajstić information content (AvgIpc) is 1.97. The van der Waals surface area contributed by atoms with Crippen LogP contribution in [0.15, 0.2) is 12.1 Å². The molecule has 0 aliphatic carbocycles. The largest absolute Gasteiger partial charge is 0.495 e. The zero-order valence-corrected chi connectivity index (χ0v) is 6.65. The highest BCUT2D eigenvalue weighted by Crippen LogP contribution is 2.27. The monoisotopic (exact) mass is 175 g/mol.